The lowest BCUT2D eigenvalue weighted by molar-refractivity contribution is -0.105. The van der Waals surface area contributed by atoms with Gasteiger partial charge in [-0.3, -0.25) is 9.78 Å². The molecule has 0 aliphatic rings. The van der Waals surface area contributed by atoms with E-state index >= 15 is 0 Å². The van der Waals surface area contributed by atoms with E-state index in [9.17, 15) is 4.79 Å². The van der Waals surface area contributed by atoms with Gasteiger partial charge in [0.1, 0.15) is 6.29 Å². The summed E-state index contributed by atoms with van der Waals surface area (Å²) in [6, 6.07) is 9.54. The summed E-state index contributed by atoms with van der Waals surface area (Å²) in [4.78, 5) is 19.5. The molecule has 2 N–H and O–H groups in total. The van der Waals surface area contributed by atoms with Gasteiger partial charge in [-0.2, -0.15) is 0 Å². The molecule has 0 saturated heterocycles. The van der Waals surface area contributed by atoms with Gasteiger partial charge in [0.15, 0.2) is 0 Å². The van der Waals surface area contributed by atoms with Crippen LogP contribution in [-0.2, 0) is 4.79 Å². The largest absolute Gasteiger partial charge is 0.386 e. The summed E-state index contributed by atoms with van der Waals surface area (Å²) in [6.45, 7) is 8.03. The number of aromatic amines is 1. The first-order valence-electron chi connectivity index (χ1n) is 9.16. The Labute approximate surface area is 165 Å². The molecule has 0 aliphatic carbocycles. The van der Waals surface area contributed by atoms with Crippen LogP contribution in [0.25, 0.3) is 16.5 Å². The van der Waals surface area contributed by atoms with E-state index in [2.05, 4.69) is 15.3 Å². The van der Waals surface area contributed by atoms with Crippen LogP contribution in [0.1, 0.15) is 39.0 Å². The van der Waals surface area contributed by atoms with Crippen molar-refractivity contribution in [3.05, 3.63) is 64.6 Å². The maximum absolute atomic E-state index is 11.9. The molecule has 0 saturated carbocycles. The molecule has 142 valence electrons. The molecule has 3 aromatic rings. The molecule has 0 spiro atoms. The van der Waals surface area contributed by atoms with Gasteiger partial charge in [-0.05, 0) is 30.2 Å². The number of rotatable bonds is 5. The Morgan fingerprint density at radius 3 is 2.56 bits per heavy atom. The van der Waals surface area contributed by atoms with Gasteiger partial charge in [0.05, 0.1) is 11.4 Å². The van der Waals surface area contributed by atoms with Crippen LogP contribution in [0, 0.1) is 5.92 Å². The van der Waals surface area contributed by atoms with Crippen LogP contribution in [0.15, 0.2) is 48.3 Å². The maximum atomic E-state index is 11.9. The van der Waals surface area contributed by atoms with Gasteiger partial charge in [-0.15, -0.1) is 0 Å². The lowest BCUT2D eigenvalue weighted by Gasteiger charge is -2.15. The van der Waals surface area contributed by atoms with Crippen molar-refractivity contribution in [1.82, 2.24) is 9.97 Å². The summed E-state index contributed by atoms with van der Waals surface area (Å²) in [6.07, 6.45) is 4.44. The van der Waals surface area contributed by atoms with Crippen molar-refractivity contribution in [2.75, 3.05) is 12.4 Å². The highest BCUT2D eigenvalue weighted by molar-refractivity contribution is 6.31. The van der Waals surface area contributed by atoms with Crippen LogP contribution in [-0.4, -0.2) is 23.3 Å². The third-order valence-corrected chi connectivity index (χ3v) is 4.48. The SMILES string of the molecule is CC.CNc1c(/C(=C(\C=O)C(C)C)c2cccnc2)[nH]c2ccc(Cl)cc12. The van der Waals surface area contributed by atoms with Gasteiger partial charge in [0.2, 0.25) is 0 Å². The van der Waals surface area contributed by atoms with Gasteiger partial charge in [0.25, 0.3) is 0 Å². The number of pyridine rings is 1. The van der Waals surface area contributed by atoms with Crippen LogP contribution in [0.2, 0.25) is 5.02 Å². The highest BCUT2D eigenvalue weighted by atomic mass is 35.5. The number of carbonyl (C=O) groups excluding carboxylic acids is 1. The van der Waals surface area contributed by atoms with E-state index in [1.165, 1.54) is 0 Å². The average Bonchev–Trinajstić information content (AvgIpc) is 3.04. The van der Waals surface area contributed by atoms with Crippen molar-refractivity contribution in [2.45, 2.75) is 27.7 Å². The fourth-order valence-electron chi connectivity index (χ4n) is 3.06. The molecule has 0 unspecified atom stereocenters. The van der Waals surface area contributed by atoms with Crippen molar-refractivity contribution in [3.63, 3.8) is 0 Å². The zero-order valence-corrected chi connectivity index (χ0v) is 17.2. The molecule has 2 heterocycles. The summed E-state index contributed by atoms with van der Waals surface area (Å²) in [7, 11) is 1.86. The van der Waals surface area contributed by atoms with E-state index in [-0.39, 0.29) is 5.92 Å². The third-order valence-electron chi connectivity index (χ3n) is 4.25. The molecule has 3 rings (SSSR count). The molecule has 0 atom stereocenters. The maximum Gasteiger partial charge on any atom is 0.146 e. The predicted octanol–water partition coefficient (Wildman–Crippen LogP) is 5.94. The molecule has 0 amide bonds. The number of hydrogen-bond donors (Lipinski definition) is 2. The minimum atomic E-state index is 0.0763. The number of allylic oxidation sites excluding steroid dienone is 1. The monoisotopic (exact) mass is 383 g/mol. The average molecular weight is 384 g/mol. The second kappa shape index (κ2) is 9.38. The van der Waals surface area contributed by atoms with Crippen molar-refractivity contribution in [3.8, 4) is 0 Å². The first-order chi connectivity index (χ1) is 13.1. The highest BCUT2D eigenvalue weighted by Gasteiger charge is 2.21. The number of carbonyl (C=O) groups is 1. The molecular formula is C22H26ClN3O. The predicted molar refractivity (Wildman–Crippen MR) is 115 cm³/mol. The number of anilines is 1. The number of benzene rings is 1. The van der Waals surface area contributed by atoms with Gasteiger partial charge < -0.3 is 10.3 Å². The normalized spacial score (nSPS) is 11.7. The molecule has 5 heteroatoms. The molecule has 0 bridgehead atoms. The van der Waals surface area contributed by atoms with E-state index in [4.69, 9.17) is 11.6 Å². The minimum absolute atomic E-state index is 0.0763. The van der Waals surface area contributed by atoms with Crippen LogP contribution in [0.5, 0.6) is 0 Å². The Hall–Kier alpha value is -2.59. The lowest BCUT2D eigenvalue weighted by Crippen LogP contribution is -2.05. The summed E-state index contributed by atoms with van der Waals surface area (Å²) < 4.78 is 0. The van der Waals surface area contributed by atoms with E-state index in [0.717, 1.165) is 45.3 Å². The molecule has 0 aliphatic heterocycles. The number of H-pyrrole nitrogens is 1. The second-order valence-corrected chi connectivity index (χ2v) is 6.60. The van der Waals surface area contributed by atoms with E-state index in [0.29, 0.717) is 5.02 Å². The van der Waals surface area contributed by atoms with Crippen molar-refractivity contribution in [2.24, 2.45) is 5.92 Å². The van der Waals surface area contributed by atoms with Crippen LogP contribution >= 0.6 is 11.6 Å². The quantitative estimate of drug-likeness (QED) is 0.423. The van der Waals surface area contributed by atoms with Gasteiger partial charge in [0, 0.05) is 52.1 Å². The van der Waals surface area contributed by atoms with Gasteiger partial charge in [-0.25, -0.2) is 0 Å². The Morgan fingerprint density at radius 1 is 1.26 bits per heavy atom. The Balaban J connectivity index is 0.00000126. The molecule has 2 aromatic heterocycles. The number of hydrogen-bond acceptors (Lipinski definition) is 3. The summed E-state index contributed by atoms with van der Waals surface area (Å²) in [5.41, 5.74) is 5.21. The van der Waals surface area contributed by atoms with Gasteiger partial charge >= 0.3 is 0 Å². The lowest BCUT2D eigenvalue weighted by atomic mass is 9.91. The third kappa shape index (κ3) is 4.22. The van der Waals surface area contributed by atoms with E-state index in [1.54, 1.807) is 12.4 Å². The van der Waals surface area contributed by atoms with E-state index in [1.807, 2.05) is 65.1 Å². The van der Waals surface area contributed by atoms with Crippen molar-refractivity contribution < 1.29 is 4.79 Å². The van der Waals surface area contributed by atoms with Gasteiger partial charge in [-0.1, -0.05) is 45.4 Å². The topological polar surface area (TPSA) is 57.8 Å². The molecule has 1 aromatic carbocycles. The highest BCUT2D eigenvalue weighted by Crippen LogP contribution is 2.38. The zero-order chi connectivity index (χ0) is 20.0. The number of nitrogens with one attached hydrogen (secondary N) is 2. The number of nitrogens with zero attached hydrogens (tertiary/aromatic N) is 1. The minimum Gasteiger partial charge on any atom is -0.386 e. The molecule has 0 radical (unpaired) electrons. The number of aldehydes is 1. The fraction of sp³-hybridized carbons (Fsp3) is 0.273. The van der Waals surface area contributed by atoms with E-state index < -0.39 is 0 Å². The Morgan fingerprint density at radius 2 is 2.00 bits per heavy atom. The number of fused-ring (bicyclic) bond motifs is 1. The standard InChI is InChI=1S/C20H20ClN3O.C2H6/c1-12(2)16(11-25)18(13-5-4-8-23-10-13)20-19(22-3)15-9-14(21)6-7-17(15)24-20;1-2/h4-12,22,24H,1-3H3;1-2H3/b18-16+;. The van der Waals surface area contributed by atoms with Crippen LogP contribution < -0.4 is 5.32 Å². The van der Waals surface area contributed by atoms with Crippen LogP contribution in [0.4, 0.5) is 5.69 Å². The molecule has 4 nitrogen and oxygen atoms in total. The molecular weight excluding hydrogens is 358 g/mol. The fourth-order valence-corrected chi connectivity index (χ4v) is 3.23. The Bertz CT molecular complexity index is 943. The first-order valence-corrected chi connectivity index (χ1v) is 9.53. The summed E-state index contributed by atoms with van der Waals surface area (Å²) in [5, 5.41) is 4.91. The molecule has 27 heavy (non-hydrogen) atoms. The first kappa shape index (κ1) is 20.7. The number of halogens is 1. The summed E-state index contributed by atoms with van der Waals surface area (Å²) in [5.74, 6) is 0.0763. The molecule has 0 fully saturated rings. The Kier molecular flexibility index (Phi) is 7.19. The second-order valence-electron chi connectivity index (χ2n) is 6.16. The number of aromatic nitrogens is 2. The van der Waals surface area contributed by atoms with Crippen molar-refractivity contribution in [1.29, 1.82) is 0 Å². The van der Waals surface area contributed by atoms with Crippen LogP contribution in [0.3, 0.4) is 0 Å². The smallest absolute Gasteiger partial charge is 0.146 e. The zero-order valence-electron chi connectivity index (χ0n) is 16.4. The van der Waals surface area contributed by atoms with Crippen molar-refractivity contribution >= 4 is 40.1 Å². The summed E-state index contributed by atoms with van der Waals surface area (Å²) >= 11 is 6.17.